The molecular formula is C33H23N2O14S3+. The van der Waals surface area contributed by atoms with E-state index in [1.807, 2.05) is 0 Å². The van der Waals surface area contributed by atoms with Crippen molar-refractivity contribution >= 4 is 70.3 Å². The first kappa shape index (κ1) is 35.9. The van der Waals surface area contributed by atoms with Crippen LogP contribution in [0.2, 0.25) is 0 Å². The van der Waals surface area contributed by atoms with Gasteiger partial charge in [0.25, 0.3) is 20.2 Å². The molecule has 0 amide bonds. The molecule has 2 aliphatic rings. The number of benzene rings is 5. The van der Waals surface area contributed by atoms with E-state index in [-0.39, 0.29) is 44.7 Å². The van der Waals surface area contributed by atoms with Gasteiger partial charge < -0.3 is 19.9 Å². The molecule has 52 heavy (non-hydrogen) atoms. The molecule has 0 aromatic heterocycles. The summed E-state index contributed by atoms with van der Waals surface area (Å²) in [6.07, 6.45) is 0. The van der Waals surface area contributed by atoms with Crippen LogP contribution in [0.25, 0.3) is 33.4 Å². The molecule has 4 aromatic rings. The van der Waals surface area contributed by atoms with Crippen molar-refractivity contribution in [1.29, 1.82) is 0 Å². The van der Waals surface area contributed by atoms with Gasteiger partial charge in [-0.1, -0.05) is 18.2 Å². The third kappa shape index (κ3) is 7.12. The molecule has 0 unspecified atom stereocenters. The number of rotatable bonds is 9. The molecular weight excluding hydrogens is 745 g/mol. The van der Waals surface area contributed by atoms with Gasteiger partial charge in [-0.25, -0.2) is 14.6 Å². The first-order valence-electron chi connectivity index (χ1n) is 14.5. The standard InChI is InChI=1S/C33H22N2O14S3/c36-32(37)17-5-7-18(8-6-17)34-19-9-11-21-26(13-19)49-27-16-25(35-20-10-12-23(33(38)39)29(14-20)51(43,44)45)30(52(46,47)48)15-24(27)31(21)22-3-1-2-4-28(22)50(40,41)42/h1-16,34H,(H,36,37)(H,38,39)(H,40,41,42)(H,43,44,45)(H,46,47,48)/p+1. The lowest BCUT2D eigenvalue weighted by Gasteiger charge is -2.18. The van der Waals surface area contributed by atoms with Crippen molar-refractivity contribution in [2.45, 2.75) is 14.7 Å². The number of nitrogens with one attached hydrogen (secondary N) is 2. The van der Waals surface area contributed by atoms with E-state index in [1.165, 1.54) is 54.6 Å². The highest BCUT2D eigenvalue weighted by Gasteiger charge is 2.29. The number of fused-ring (bicyclic) bond motifs is 2. The fourth-order valence-corrected chi connectivity index (χ4v) is 7.56. The van der Waals surface area contributed by atoms with Crippen molar-refractivity contribution in [1.82, 2.24) is 0 Å². The molecule has 0 radical (unpaired) electrons. The number of anilines is 2. The topological polar surface area (TPSA) is 277 Å². The Hall–Kier alpha value is -5.96. The average molecular weight is 768 g/mol. The fourth-order valence-electron chi connectivity index (χ4n) is 5.50. The Bertz CT molecular complexity index is 2850. The van der Waals surface area contributed by atoms with Crippen LogP contribution in [-0.4, -0.2) is 61.1 Å². The van der Waals surface area contributed by atoms with Crippen molar-refractivity contribution in [3.05, 3.63) is 114 Å². The predicted octanol–water partition coefficient (Wildman–Crippen LogP) is 3.40. The van der Waals surface area contributed by atoms with Crippen LogP contribution in [0.4, 0.5) is 17.1 Å². The number of carboxylic acid groups (broad SMARTS) is 2. The fraction of sp³-hybridized carbons (Fsp3) is 0. The Morgan fingerprint density at radius 2 is 1.25 bits per heavy atom. The maximum atomic E-state index is 12.8. The SMILES string of the molecule is O=C(O)c1ccc(Nc2ccc3c(-c4ccccc4S(=O)(=O)O)c4cc(S(=O)(=O)O)c(=[NH+]c5ccc(C(=O)O)c(S(=O)(=O)O)c5)cc-4oc3c2)cc1. The number of hydrogen-bond donors (Lipinski definition) is 7. The van der Waals surface area contributed by atoms with Crippen molar-refractivity contribution in [2.75, 3.05) is 5.32 Å². The van der Waals surface area contributed by atoms with Crippen LogP contribution in [0.3, 0.4) is 0 Å². The van der Waals surface area contributed by atoms with Crippen LogP contribution in [-0.2, 0) is 30.4 Å². The second kappa shape index (κ2) is 13.0. The molecule has 0 fully saturated rings. The van der Waals surface area contributed by atoms with Gasteiger partial charge in [-0.3, -0.25) is 13.7 Å². The van der Waals surface area contributed by atoms with Gasteiger partial charge in [-0.15, -0.1) is 0 Å². The largest absolute Gasteiger partial charge is 0.478 e. The summed E-state index contributed by atoms with van der Waals surface area (Å²) in [5, 5.41) is 21.5. The highest BCUT2D eigenvalue weighted by atomic mass is 32.2. The van der Waals surface area contributed by atoms with E-state index in [4.69, 9.17) is 4.42 Å². The summed E-state index contributed by atoms with van der Waals surface area (Å²) >= 11 is 0. The molecule has 6 rings (SSSR count). The van der Waals surface area contributed by atoms with E-state index in [0.29, 0.717) is 11.4 Å². The first-order valence-corrected chi connectivity index (χ1v) is 18.8. The van der Waals surface area contributed by atoms with Crippen molar-refractivity contribution < 1.29 is 68.1 Å². The molecule has 4 aromatic carbocycles. The van der Waals surface area contributed by atoms with Crippen LogP contribution >= 0.6 is 0 Å². The second-order valence-corrected chi connectivity index (χ2v) is 15.3. The Kier molecular flexibility index (Phi) is 8.95. The highest BCUT2D eigenvalue weighted by Crippen LogP contribution is 2.43. The lowest BCUT2D eigenvalue weighted by atomic mass is 9.93. The second-order valence-electron chi connectivity index (χ2n) is 11.1. The summed E-state index contributed by atoms with van der Waals surface area (Å²) in [4.78, 5) is 23.1. The number of carboxylic acids is 2. The Balaban J connectivity index is 1.68. The molecule has 0 spiro atoms. The van der Waals surface area contributed by atoms with E-state index in [1.54, 1.807) is 6.07 Å². The third-order valence-corrected chi connectivity index (χ3v) is 10.4. The minimum absolute atomic E-state index is 0.0494. The van der Waals surface area contributed by atoms with Crippen LogP contribution in [0.5, 0.6) is 0 Å². The van der Waals surface area contributed by atoms with Crippen LogP contribution in [0, 0.1) is 0 Å². The van der Waals surface area contributed by atoms with E-state index in [0.717, 1.165) is 36.4 Å². The Labute approximate surface area is 293 Å². The van der Waals surface area contributed by atoms with Crippen molar-refractivity contribution in [3.63, 3.8) is 0 Å². The molecule has 0 saturated heterocycles. The summed E-state index contributed by atoms with van der Waals surface area (Å²) in [7, 11) is -15.1. The molecule has 1 heterocycles. The molecule has 7 N–H and O–H groups in total. The number of hydrogen-bond acceptors (Lipinski definition) is 10. The number of aromatic carboxylic acids is 2. The Morgan fingerprint density at radius 3 is 1.87 bits per heavy atom. The molecule has 1 aliphatic heterocycles. The zero-order valence-corrected chi connectivity index (χ0v) is 28.3. The summed E-state index contributed by atoms with van der Waals surface area (Å²) < 4.78 is 111. The predicted molar refractivity (Wildman–Crippen MR) is 182 cm³/mol. The number of carbonyl (C=O) groups is 2. The van der Waals surface area contributed by atoms with Gasteiger partial charge in [0.1, 0.15) is 21.1 Å². The monoisotopic (exact) mass is 767 g/mol. The van der Waals surface area contributed by atoms with Gasteiger partial charge in [0.2, 0.25) is 11.0 Å². The smallest absolute Gasteiger partial charge is 0.337 e. The summed E-state index contributed by atoms with van der Waals surface area (Å²) in [6.45, 7) is 0. The van der Waals surface area contributed by atoms with E-state index in [2.05, 4.69) is 10.3 Å². The van der Waals surface area contributed by atoms with E-state index < -0.39 is 67.9 Å². The summed E-state index contributed by atoms with van der Waals surface area (Å²) in [5.74, 6) is -2.93. The molecule has 0 saturated carbocycles. The van der Waals surface area contributed by atoms with Crippen molar-refractivity contribution in [3.8, 4) is 22.5 Å². The van der Waals surface area contributed by atoms with Gasteiger partial charge in [0, 0.05) is 51.7 Å². The Morgan fingerprint density at radius 1 is 0.615 bits per heavy atom. The molecule has 1 aliphatic carbocycles. The summed E-state index contributed by atoms with van der Waals surface area (Å²) in [5.41, 5.74) is -0.0683. The van der Waals surface area contributed by atoms with Gasteiger partial charge in [0.05, 0.1) is 17.2 Å². The lowest BCUT2D eigenvalue weighted by Crippen LogP contribution is -2.71. The quantitative estimate of drug-likeness (QED) is 0.0820. The summed E-state index contributed by atoms with van der Waals surface area (Å²) in [6, 6.07) is 20.4. The normalized spacial score (nSPS) is 12.6. The van der Waals surface area contributed by atoms with Crippen LogP contribution in [0.15, 0.2) is 116 Å². The first-order chi connectivity index (χ1) is 24.3. The molecule has 16 nitrogen and oxygen atoms in total. The third-order valence-electron chi connectivity index (χ3n) is 7.72. The molecule has 0 bridgehead atoms. The van der Waals surface area contributed by atoms with Crippen LogP contribution in [0.1, 0.15) is 20.7 Å². The van der Waals surface area contributed by atoms with Gasteiger partial charge in [0.15, 0.2) is 4.90 Å². The zero-order chi connectivity index (χ0) is 37.7. The molecule has 19 heteroatoms. The zero-order valence-electron chi connectivity index (χ0n) is 25.9. The minimum Gasteiger partial charge on any atom is -0.478 e. The van der Waals surface area contributed by atoms with Crippen LogP contribution < -0.4 is 15.7 Å². The molecule has 0 atom stereocenters. The average Bonchev–Trinajstić information content (AvgIpc) is 3.06. The van der Waals surface area contributed by atoms with Gasteiger partial charge >= 0.3 is 22.1 Å². The van der Waals surface area contributed by atoms with Gasteiger partial charge in [-0.2, -0.15) is 25.3 Å². The van der Waals surface area contributed by atoms with E-state index in [9.17, 15) is 58.7 Å². The molecule has 266 valence electrons. The highest BCUT2D eigenvalue weighted by molar-refractivity contribution is 7.86. The van der Waals surface area contributed by atoms with E-state index >= 15 is 0 Å². The minimum atomic E-state index is -5.13. The maximum Gasteiger partial charge on any atom is 0.337 e. The van der Waals surface area contributed by atoms with Crippen molar-refractivity contribution in [2.24, 2.45) is 0 Å². The lowest BCUT2D eigenvalue weighted by molar-refractivity contribution is -0.405. The van der Waals surface area contributed by atoms with Gasteiger partial charge in [-0.05, 0) is 54.6 Å². The maximum absolute atomic E-state index is 12.8.